The summed E-state index contributed by atoms with van der Waals surface area (Å²) >= 11 is 6.51. The zero-order valence-corrected chi connectivity index (χ0v) is 19.1. The van der Waals surface area contributed by atoms with Gasteiger partial charge in [-0.25, -0.2) is 4.39 Å². The third-order valence-corrected chi connectivity index (χ3v) is 6.10. The first kappa shape index (κ1) is 20.8. The van der Waals surface area contributed by atoms with Gasteiger partial charge >= 0.3 is 11.8 Å². The minimum absolute atomic E-state index is 0.0569. The summed E-state index contributed by atoms with van der Waals surface area (Å²) in [6.07, 6.45) is 0. The Labute approximate surface area is 188 Å². The zero-order chi connectivity index (χ0) is 21.4. The predicted molar refractivity (Wildman–Crippen MR) is 116 cm³/mol. The van der Waals surface area contributed by atoms with Gasteiger partial charge in [0.2, 0.25) is 5.82 Å². The number of anilines is 1. The summed E-state index contributed by atoms with van der Waals surface area (Å²) in [7, 11) is 0. The van der Waals surface area contributed by atoms with E-state index in [1.54, 1.807) is 23.1 Å². The maximum Gasteiger partial charge on any atom is 0.316 e. The fraction of sp³-hybridized carbons (Fsp3) is 0.250. The standard InChI is InChI=1S/C20H17Br2FN4O3/c1-11-2-3-16(15(23)8-11)26-4-6-27(7-5-26)20(29)19-24-18(25-30-19)12-9-13(21)17(28)14(22)10-12/h2-3,8-10,28H,4-7H2,1H3. The van der Waals surface area contributed by atoms with Crippen LogP contribution >= 0.6 is 31.9 Å². The van der Waals surface area contributed by atoms with Crippen LogP contribution in [-0.2, 0) is 0 Å². The maximum atomic E-state index is 14.2. The highest BCUT2D eigenvalue weighted by molar-refractivity contribution is 9.11. The number of rotatable bonds is 3. The van der Waals surface area contributed by atoms with Gasteiger partial charge in [0.1, 0.15) is 11.6 Å². The van der Waals surface area contributed by atoms with Crippen molar-refractivity contribution in [2.45, 2.75) is 6.92 Å². The molecule has 10 heteroatoms. The quantitative estimate of drug-likeness (QED) is 0.532. The summed E-state index contributed by atoms with van der Waals surface area (Å²) in [6.45, 7) is 3.69. The molecule has 0 unspecified atom stereocenters. The number of aromatic hydroxyl groups is 1. The van der Waals surface area contributed by atoms with Crippen molar-refractivity contribution < 1.29 is 18.8 Å². The molecule has 2 heterocycles. The van der Waals surface area contributed by atoms with Gasteiger partial charge in [0.15, 0.2) is 0 Å². The SMILES string of the molecule is Cc1ccc(N2CCN(C(=O)c3nc(-c4cc(Br)c(O)c(Br)c4)no3)CC2)c(F)c1. The van der Waals surface area contributed by atoms with Crippen molar-refractivity contribution in [3.05, 3.63) is 56.5 Å². The number of carbonyl (C=O) groups is 1. The molecule has 156 valence electrons. The molecular weight excluding hydrogens is 523 g/mol. The Hall–Kier alpha value is -2.46. The van der Waals surface area contributed by atoms with Crippen molar-refractivity contribution in [2.24, 2.45) is 0 Å². The number of phenols is 1. The minimum atomic E-state index is -0.366. The molecule has 2 aromatic carbocycles. The Morgan fingerprint density at radius 1 is 1.13 bits per heavy atom. The van der Waals surface area contributed by atoms with Gasteiger partial charge in [0.25, 0.3) is 0 Å². The lowest BCUT2D eigenvalue weighted by Gasteiger charge is -2.35. The van der Waals surface area contributed by atoms with Crippen LogP contribution in [-0.4, -0.2) is 52.2 Å². The highest BCUT2D eigenvalue weighted by Gasteiger charge is 2.27. The molecule has 1 N–H and O–H groups in total. The maximum absolute atomic E-state index is 14.2. The topological polar surface area (TPSA) is 82.7 Å². The first-order valence-corrected chi connectivity index (χ1v) is 10.7. The van der Waals surface area contributed by atoms with Crippen molar-refractivity contribution in [1.82, 2.24) is 15.0 Å². The van der Waals surface area contributed by atoms with Crippen LogP contribution in [0.3, 0.4) is 0 Å². The second-order valence-electron chi connectivity index (χ2n) is 6.95. The van der Waals surface area contributed by atoms with Gasteiger partial charge in [0, 0.05) is 31.7 Å². The van der Waals surface area contributed by atoms with Crippen LogP contribution in [0.5, 0.6) is 5.75 Å². The van der Waals surface area contributed by atoms with Gasteiger partial charge in [-0.15, -0.1) is 0 Å². The van der Waals surface area contributed by atoms with Crippen molar-refractivity contribution in [1.29, 1.82) is 0 Å². The summed E-state index contributed by atoms with van der Waals surface area (Å²) in [5.74, 6) is -0.445. The first-order chi connectivity index (χ1) is 14.3. The molecular formula is C20H17Br2FN4O3. The normalized spacial score (nSPS) is 14.3. The number of amides is 1. The Bertz CT molecular complexity index is 1090. The van der Waals surface area contributed by atoms with Gasteiger partial charge in [-0.05, 0) is 68.6 Å². The largest absolute Gasteiger partial charge is 0.506 e. The van der Waals surface area contributed by atoms with Crippen LogP contribution in [0.1, 0.15) is 16.2 Å². The number of hydrogen-bond donors (Lipinski definition) is 1. The third kappa shape index (κ3) is 4.06. The highest BCUT2D eigenvalue weighted by Crippen LogP contribution is 2.36. The Kier molecular flexibility index (Phi) is 5.79. The Balaban J connectivity index is 1.45. The first-order valence-electron chi connectivity index (χ1n) is 9.16. The van der Waals surface area contributed by atoms with Crippen molar-refractivity contribution in [3.63, 3.8) is 0 Å². The molecule has 1 fully saturated rings. The molecule has 7 nitrogen and oxygen atoms in total. The van der Waals surface area contributed by atoms with E-state index in [4.69, 9.17) is 4.52 Å². The minimum Gasteiger partial charge on any atom is -0.506 e. The molecule has 0 atom stereocenters. The number of benzene rings is 2. The molecule has 0 saturated carbocycles. The number of halogens is 3. The molecule has 0 spiro atoms. The molecule has 1 aliphatic rings. The van der Waals surface area contributed by atoms with Gasteiger partial charge in [0.05, 0.1) is 14.6 Å². The monoisotopic (exact) mass is 538 g/mol. The van der Waals surface area contributed by atoms with E-state index in [1.807, 2.05) is 17.9 Å². The Morgan fingerprint density at radius 3 is 2.43 bits per heavy atom. The highest BCUT2D eigenvalue weighted by atomic mass is 79.9. The predicted octanol–water partition coefficient (Wildman–Crippen LogP) is 4.38. The second-order valence-corrected chi connectivity index (χ2v) is 8.65. The summed E-state index contributed by atoms with van der Waals surface area (Å²) in [4.78, 5) is 20.5. The van der Waals surface area contributed by atoms with E-state index in [2.05, 4.69) is 42.0 Å². The molecule has 1 aromatic heterocycles. The van der Waals surface area contributed by atoms with Gasteiger partial charge in [-0.3, -0.25) is 4.79 Å². The van der Waals surface area contributed by atoms with E-state index in [0.29, 0.717) is 46.4 Å². The lowest BCUT2D eigenvalue weighted by molar-refractivity contribution is 0.0696. The molecule has 0 radical (unpaired) electrons. The third-order valence-electron chi connectivity index (χ3n) is 4.89. The summed E-state index contributed by atoms with van der Waals surface area (Å²) in [5.41, 5.74) is 1.98. The van der Waals surface area contributed by atoms with Crippen molar-refractivity contribution in [3.8, 4) is 17.1 Å². The molecule has 30 heavy (non-hydrogen) atoms. The van der Waals surface area contributed by atoms with Crippen LogP contribution in [0.2, 0.25) is 0 Å². The van der Waals surface area contributed by atoms with Crippen LogP contribution in [0, 0.1) is 12.7 Å². The van der Waals surface area contributed by atoms with Crippen LogP contribution < -0.4 is 4.90 Å². The lowest BCUT2D eigenvalue weighted by Crippen LogP contribution is -2.49. The molecule has 1 saturated heterocycles. The van der Waals surface area contributed by atoms with Crippen LogP contribution in [0.25, 0.3) is 11.4 Å². The van der Waals surface area contributed by atoms with Gasteiger partial charge < -0.3 is 19.4 Å². The van der Waals surface area contributed by atoms with E-state index in [1.165, 1.54) is 6.07 Å². The van der Waals surface area contributed by atoms with Gasteiger partial charge in [-0.2, -0.15) is 4.98 Å². The fourth-order valence-electron chi connectivity index (χ4n) is 3.28. The fourth-order valence-corrected chi connectivity index (χ4v) is 4.46. The van der Waals surface area contributed by atoms with E-state index in [0.717, 1.165) is 5.56 Å². The molecule has 0 aliphatic carbocycles. The van der Waals surface area contributed by atoms with Gasteiger partial charge in [-0.1, -0.05) is 11.2 Å². The molecule has 0 bridgehead atoms. The molecule has 3 aromatic rings. The average Bonchev–Trinajstić information content (AvgIpc) is 3.21. The van der Waals surface area contributed by atoms with E-state index < -0.39 is 0 Å². The zero-order valence-electron chi connectivity index (χ0n) is 15.9. The number of aryl methyl sites for hydroxylation is 1. The lowest BCUT2D eigenvalue weighted by atomic mass is 10.2. The smallest absolute Gasteiger partial charge is 0.316 e. The second kappa shape index (κ2) is 8.35. The number of piperazine rings is 1. The number of nitrogens with zero attached hydrogens (tertiary/aromatic N) is 4. The average molecular weight is 540 g/mol. The number of aromatic nitrogens is 2. The molecule has 4 rings (SSSR count). The number of carbonyl (C=O) groups excluding carboxylic acids is 1. The Morgan fingerprint density at radius 2 is 1.80 bits per heavy atom. The van der Waals surface area contributed by atoms with E-state index in [9.17, 15) is 14.3 Å². The summed E-state index contributed by atoms with van der Waals surface area (Å²) < 4.78 is 20.3. The number of hydrogen-bond acceptors (Lipinski definition) is 6. The summed E-state index contributed by atoms with van der Waals surface area (Å²) in [5, 5.41) is 13.7. The molecule has 1 aliphatic heterocycles. The number of phenolic OH excluding ortho intramolecular Hbond substituents is 1. The van der Waals surface area contributed by atoms with Crippen molar-refractivity contribution in [2.75, 3.05) is 31.1 Å². The van der Waals surface area contributed by atoms with Crippen molar-refractivity contribution >= 4 is 43.5 Å². The van der Waals surface area contributed by atoms with Crippen LogP contribution in [0.4, 0.5) is 10.1 Å². The van der Waals surface area contributed by atoms with E-state index in [-0.39, 0.29) is 29.2 Å². The molecule has 1 amide bonds. The van der Waals surface area contributed by atoms with E-state index >= 15 is 0 Å². The summed E-state index contributed by atoms with van der Waals surface area (Å²) in [6, 6.07) is 8.41. The van der Waals surface area contributed by atoms with Crippen LogP contribution in [0.15, 0.2) is 43.8 Å².